The Bertz CT molecular complexity index is 947. The topological polar surface area (TPSA) is 81.8 Å². The van der Waals surface area contributed by atoms with Gasteiger partial charge in [-0.05, 0) is 67.1 Å². The summed E-state index contributed by atoms with van der Waals surface area (Å²) in [6.07, 6.45) is 3.26. The monoisotopic (exact) mass is 450 g/mol. The van der Waals surface area contributed by atoms with Crippen LogP contribution in [-0.4, -0.2) is 61.3 Å². The van der Waals surface area contributed by atoms with Gasteiger partial charge in [0.2, 0.25) is 11.8 Å². The van der Waals surface area contributed by atoms with E-state index in [1.54, 1.807) is 43.3 Å². The van der Waals surface area contributed by atoms with E-state index in [0.29, 0.717) is 30.0 Å². The highest BCUT2D eigenvalue weighted by molar-refractivity contribution is 5.96. The smallest absolute Gasteiger partial charge is 0.253 e. The third-order valence-electron chi connectivity index (χ3n) is 6.02. The summed E-state index contributed by atoms with van der Waals surface area (Å²) < 4.78 is 0. The van der Waals surface area contributed by atoms with E-state index >= 15 is 0 Å². The van der Waals surface area contributed by atoms with E-state index in [0.717, 1.165) is 37.2 Å². The molecule has 3 rings (SSSR count). The molecule has 0 radical (unpaired) electrons. The minimum Gasteiger partial charge on any atom is -0.376 e. The van der Waals surface area contributed by atoms with Gasteiger partial charge in [-0.3, -0.25) is 14.4 Å². The third-order valence-corrected chi connectivity index (χ3v) is 6.02. The molecule has 1 aliphatic heterocycles. The van der Waals surface area contributed by atoms with Crippen molar-refractivity contribution in [3.63, 3.8) is 0 Å². The average Bonchev–Trinajstić information content (AvgIpc) is 2.82. The molecule has 1 saturated heterocycles. The van der Waals surface area contributed by atoms with Crippen LogP contribution in [0.25, 0.3) is 0 Å². The zero-order chi connectivity index (χ0) is 23.8. The van der Waals surface area contributed by atoms with Crippen molar-refractivity contribution in [2.24, 2.45) is 5.92 Å². The fraction of sp³-hybridized carbons (Fsp3) is 0.423. The maximum Gasteiger partial charge on any atom is 0.253 e. The normalized spacial score (nSPS) is 14.0. The summed E-state index contributed by atoms with van der Waals surface area (Å²) >= 11 is 0. The van der Waals surface area contributed by atoms with E-state index < -0.39 is 0 Å². The lowest BCUT2D eigenvalue weighted by atomic mass is 9.98. The molecule has 2 aromatic carbocycles. The van der Waals surface area contributed by atoms with Gasteiger partial charge in [0.25, 0.3) is 5.91 Å². The lowest BCUT2D eigenvalue weighted by molar-refractivity contribution is -0.128. The Hall–Kier alpha value is -3.35. The van der Waals surface area contributed by atoms with Crippen LogP contribution in [0.3, 0.4) is 0 Å². The summed E-state index contributed by atoms with van der Waals surface area (Å²) in [5.41, 5.74) is 3.22. The number of benzene rings is 2. The molecule has 0 bridgehead atoms. The van der Waals surface area contributed by atoms with Crippen molar-refractivity contribution < 1.29 is 14.4 Å². The Morgan fingerprint density at radius 3 is 2.15 bits per heavy atom. The summed E-state index contributed by atoms with van der Waals surface area (Å²) in [5.74, 6) is 0.667. The van der Waals surface area contributed by atoms with Crippen LogP contribution < -0.4 is 10.6 Å². The number of nitrogens with zero attached hydrogens (tertiary/aromatic N) is 2. The number of hydrogen-bond donors (Lipinski definition) is 2. The van der Waals surface area contributed by atoms with Gasteiger partial charge in [-0.2, -0.15) is 0 Å². The van der Waals surface area contributed by atoms with Gasteiger partial charge in [0.15, 0.2) is 0 Å². The number of aryl methyl sites for hydroxylation is 1. The molecular formula is C26H34N4O3. The zero-order valence-corrected chi connectivity index (χ0v) is 19.8. The van der Waals surface area contributed by atoms with Gasteiger partial charge in [-0.25, -0.2) is 0 Å². The van der Waals surface area contributed by atoms with E-state index in [9.17, 15) is 14.4 Å². The van der Waals surface area contributed by atoms with Gasteiger partial charge < -0.3 is 20.4 Å². The van der Waals surface area contributed by atoms with Crippen LogP contribution >= 0.6 is 0 Å². The molecule has 7 nitrogen and oxygen atoms in total. The number of carbonyl (C=O) groups is 3. The molecule has 0 spiro atoms. The molecule has 2 N–H and O–H groups in total. The number of amides is 3. The molecule has 1 fully saturated rings. The number of likely N-dealkylation sites (tertiary alicyclic amines) is 1. The Morgan fingerprint density at radius 2 is 1.55 bits per heavy atom. The first-order chi connectivity index (χ1) is 15.8. The van der Waals surface area contributed by atoms with E-state index in [1.165, 1.54) is 0 Å². The molecule has 2 aromatic rings. The van der Waals surface area contributed by atoms with E-state index in [4.69, 9.17) is 0 Å². The van der Waals surface area contributed by atoms with Gasteiger partial charge in [-0.15, -0.1) is 0 Å². The van der Waals surface area contributed by atoms with Crippen LogP contribution in [0, 0.1) is 5.92 Å². The Balaban J connectivity index is 1.43. The maximum atomic E-state index is 12.6. The number of piperidine rings is 1. The molecule has 1 aliphatic rings. The number of carbonyl (C=O) groups excluding carboxylic acids is 3. The minimum absolute atomic E-state index is 0.0518. The van der Waals surface area contributed by atoms with Crippen molar-refractivity contribution in [1.82, 2.24) is 9.80 Å². The fourth-order valence-corrected chi connectivity index (χ4v) is 3.74. The predicted molar refractivity (Wildman–Crippen MR) is 131 cm³/mol. The van der Waals surface area contributed by atoms with Crippen molar-refractivity contribution in [1.29, 1.82) is 0 Å². The van der Waals surface area contributed by atoms with Crippen LogP contribution in [0.5, 0.6) is 0 Å². The van der Waals surface area contributed by atoms with Gasteiger partial charge >= 0.3 is 0 Å². The lowest BCUT2D eigenvalue weighted by Crippen LogP contribution is -2.37. The Morgan fingerprint density at radius 1 is 0.939 bits per heavy atom. The second kappa shape index (κ2) is 11.5. The zero-order valence-electron chi connectivity index (χ0n) is 19.8. The highest BCUT2D eigenvalue weighted by atomic mass is 16.2. The standard InChI is InChI=1S/C26H34N4O3/c1-19-14-16-30(17-15-19)26(33)21-7-11-23(12-8-21)28-24(31)18-27-22-9-4-20(5-10-22)6-13-25(32)29(2)3/h4-5,7-12,19,27H,6,13-18H2,1-3H3,(H,28,31). The summed E-state index contributed by atoms with van der Waals surface area (Å²) in [6.45, 7) is 3.96. The van der Waals surface area contributed by atoms with Crippen LogP contribution in [0.2, 0.25) is 0 Å². The number of hydrogen-bond acceptors (Lipinski definition) is 4. The molecule has 0 aliphatic carbocycles. The van der Waals surface area contributed by atoms with Gasteiger partial charge in [0, 0.05) is 50.5 Å². The summed E-state index contributed by atoms with van der Waals surface area (Å²) in [4.78, 5) is 40.1. The first-order valence-electron chi connectivity index (χ1n) is 11.5. The maximum absolute atomic E-state index is 12.6. The van der Waals surface area contributed by atoms with E-state index in [-0.39, 0.29) is 24.3 Å². The van der Waals surface area contributed by atoms with Crippen LogP contribution in [0.1, 0.15) is 42.1 Å². The van der Waals surface area contributed by atoms with Gasteiger partial charge in [0.05, 0.1) is 6.54 Å². The van der Waals surface area contributed by atoms with E-state index in [2.05, 4.69) is 17.6 Å². The Kier molecular flexibility index (Phi) is 8.46. The van der Waals surface area contributed by atoms with Gasteiger partial charge in [-0.1, -0.05) is 19.1 Å². The molecular weight excluding hydrogens is 416 g/mol. The third kappa shape index (κ3) is 7.34. The second-order valence-electron chi connectivity index (χ2n) is 8.94. The average molecular weight is 451 g/mol. The number of anilines is 2. The highest BCUT2D eigenvalue weighted by Gasteiger charge is 2.21. The predicted octanol–water partition coefficient (Wildman–Crippen LogP) is 3.63. The quantitative estimate of drug-likeness (QED) is 0.644. The molecule has 0 unspecified atom stereocenters. The summed E-state index contributed by atoms with van der Waals surface area (Å²) in [6, 6.07) is 14.8. The molecule has 176 valence electrons. The summed E-state index contributed by atoms with van der Waals surface area (Å²) in [5, 5.41) is 5.95. The van der Waals surface area contributed by atoms with E-state index in [1.807, 2.05) is 29.2 Å². The van der Waals surface area contributed by atoms with Crippen molar-refractivity contribution in [2.45, 2.75) is 32.6 Å². The molecule has 0 atom stereocenters. The molecule has 3 amide bonds. The lowest BCUT2D eigenvalue weighted by Gasteiger charge is -2.30. The van der Waals surface area contributed by atoms with Gasteiger partial charge in [0.1, 0.15) is 0 Å². The minimum atomic E-state index is -0.167. The molecule has 33 heavy (non-hydrogen) atoms. The fourth-order valence-electron chi connectivity index (χ4n) is 3.74. The van der Waals surface area contributed by atoms with Crippen LogP contribution in [-0.2, 0) is 16.0 Å². The number of rotatable bonds is 8. The van der Waals surface area contributed by atoms with Crippen LogP contribution in [0.15, 0.2) is 48.5 Å². The van der Waals surface area contributed by atoms with Crippen LogP contribution in [0.4, 0.5) is 11.4 Å². The molecule has 0 aromatic heterocycles. The SMILES string of the molecule is CC1CCN(C(=O)c2ccc(NC(=O)CNc3ccc(CCC(=O)N(C)C)cc3)cc2)CC1. The number of nitrogens with one attached hydrogen (secondary N) is 2. The molecule has 1 heterocycles. The first kappa shape index (κ1) is 24.3. The van der Waals surface area contributed by atoms with Crippen molar-refractivity contribution in [2.75, 3.05) is 44.4 Å². The van der Waals surface area contributed by atoms with Crippen molar-refractivity contribution in [3.05, 3.63) is 59.7 Å². The van der Waals surface area contributed by atoms with Crippen molar-refractivity contribution in [3.8, 4) is 0 Å². The first-order valence-corrected chi connectivity index (χ1v) is 11.5. The largest absolute Gasteiger partial charge is 0.376 e. The highest BCUT2D eigenvalue weighted by Crippen LogP contribution is 2.19. The summed E-state index contributed by atoms with van der Waals surface area (Å²) in [7, 11) is 3.51. The second-order valence-corrected chi connectivity index (χ2v) is 8.94. The molecule has 0 saturated carbocycles. The molecule has 7 heteroatoms. The van der Waals surface area contributed by atoms with Crippen molar-refractivity contribution >= 4 is 29.1 Å². The Labute approximate surface area is 196 Å².